The molecule has 0 bridgehead atoms. The minimum atomic E-state index is -0.985. The zero-order valence-corrected chi connectivity index (χ0v) is 20.0. The Morgan fingerprint density at radius 2 is 1.56 bits per heavy atom. The second-order valence-corrected chi connectivity index (χ2v) is 6.91. The molecule has 0 saturated carbocycles. The highest BCUT2D eigenvalue weighted by atomic mass is 16.7. The third kappa shape index (κ3) is 11.0. The number of esters is 2. The Balaban J connectivity index is 2.90. The zero-order chi connectivity index (χ0) is 25.3. The summed E-state index contributed by atoms with van der Waals surface area (Å²) < 4.78 is 29.7. The maximum atomic E-state index is 12.2. The molecule has 0 fully saturated rings. The number of rotatable bonds is 14. The lowest BCUT2D eigenvalue weighted by Crippen LogP contribution is -2.41. The van der Waals surface area contributed by atoms with Crippen molar-refractivity contribution >= 4 is 24.2 Å². The van der Waals surface area contributed by atoms with E-state index in [1.807, 2.05) is 6.92 Å². The maximum Gasteiger partial charge on any atom is 0.513 e. The first-order valence-corrected chi connectivity index (χ1v) is 11.1. The Hall–Kier alpha value is -3.34. The largest absolute Gasteiger partial charge is 0.513 e. The van der Waals surface area contributed by atoms with Crippen molar-refractivity contribution in [2.75, 3.05) is 33.5 Å². The van der Waals surface area contributed by atoms with Crippen molar-refractivity contribution in [2.24, 2.45) is 0 Å². The van der Waals surface area contributed by atoms with Gasteiger partial charge in [-0.3, -0.25) is 9.59 Å². The highest BCUT2D eigenvalue weighted by Crippen LogP contribution is 2.30. The number of ether oxygens (including phenoxy) is 6. The van der Waals surface area contributed by atoms with Crippen molar-refractivity contribution in [2.45, 2.75) is 52.5 Å². The van der Waals surface area contributed by atoms with E-state index in [0.717, 1.165) is 12.8 Å². The van der Waals surface area contributed by atoms with Crippen LogP contribution in [-0.4, -0.2) is 63.8 Å². The van der Waals surface area contributed by atoms with Gasteiger partial charge in [0.1, 0.15) is 12.6 Å². The van der Waals surface area contributed by atoms with Gasteiger partial charge in [-0.2, -0.15) is 0 Å². The molecule has 1 atom stereocenters. The SMILES string of the molecule is CCCCC(=O)OCCN[C@@H](Cc1ccc(OC(=O)OCC)c(OC(=O)OCC)c1)C(=O)OC. The number of unbranched alkanes of at least 4 members (excludes halogenated alkanes) is 1. The molecule has 0 unspecified atom stereocenters. The van der Waals surface area contributed by atoms with Crippen molar-refractivity contribution in [3.05, 3.63) is 23.8 Å². The molecule has 0 spiro atoms. The lowest BCUT2D eigenvalue weighted by molar-refractivity contribution is -0.144. The molecule has 11 nitrogen and oxygen atoms in total. The van der Waals surface area contributed by atoms with Gasteiger partial charge in [-0.05, 0) is 44.4 Å². The van der Waals surface area contributed by atoms with Crippen LogP contribution in [-0.2, 0) is 35.0 Å². The number of carbonyl (C=O) groups is 4. The van der Waals surface area contributed by atoms with Crippen LogP contribution >= 0.6 is 0 Å². The second kappa shape index (κ2) is 16.3. The number of methoxy groups -OCH3 is 1. The first-order valence-electron chi connectivity index (χ1n) is 11.1. The van der Waals surface area contributed by atoms with E-state index in [1.165, 1.54) is 19.2 Å². The van der Waals surface area contributed by atoms with E-state index in [4.69, 9.17) is 28.4 Å². The smallest absolute Gasteiger partial charge is 0.468 e. The van der Waals surface area contributed by atoms with Crippen LogP contribution in [0.4, 0.5) is 9.59 Å². The fourth-order valence-electron chi connectivity index (χ4n) is 2.73. The predicted molar refractivity (Wildman–Crippen MR) is 120 cm³/mol. The van der Waals surface area contributed by atoms with Gasteiger partial charge in [-0.1, -0.05) is 19.4 Å². The topological polar surface area (TPSA) is 136 Å². The Bertz CT molecular complexity index is 811. The highest BCUT2D eigenvalue weighted by Gasteiger charge is 2.22. The number of benzene rings is 1. The summed E-state index contributed by atoms with van der Waals surface area (Å²) in [6, 6.07) is 3.67. The van der Waals surface area contributed by atoms with Crippen molar-refractivity contribution < 1.29 is 47.6 Å². The van der Waals surface area contributed by atoms with E-state index in [2.05, 4.69) is 5.32 Å². The summed E-state index contributed by atoms with van der Waals surface area (Å²) >= 11 is 0. The third-order valence-electron chi connectivity index (χ3n) is 4.33. The molecule has 11 heteroatoms. The van der Waals surface area contributed by atoms with Crippen molar-refractivity contribution in [1.82, 2.24) is 5.32 Å². The van der Waals surface area contributed by atoms with Crippen LogP contribution in [0.15, 0.2) is 18.2 Å². The molecule has 0 aliphatic heterocycles. The lowest BCUT2D eigenvalue weighted by atomic mass is 10.1. The Labute approximate surface area is 199 Å². The van der Waals surface area contributed by atoms with Crippen molar-refractivity contribution in [3.63, 3.8) is 0 Å². The normalized spacial score (nSPS) is 11.2. The monoisotopic (exact) mass is 483 g/mol. The summed E-state index contributed by atoms with van der Waals surface area (Å²) in [5.41, 5.74) is 0.568. The number of hydrogen-bond acceptors (Lipinski definition) is 11. The molecule has 1 rings (SSSR count). The Kier molecular flexibility index (Phi) is 13.8. The molecule has 34 heavy (non-hydrogen) atoms. The summed E-state index contributed by atoms with van der Waals surface area (Å²) in [4.78, 5) is 47.4. The van der Waals surface area contributed by atoms with Gasteiger partial charge in [0.05, 0.1) is 20.3 Å². The van der Waals surface area contributed by atoms with Crippen LogP contribution < -0.4 is 14.8 Å². The molecule has 0 amide bonds. The quantitative estimate of drug-likeness (QED) is 0.181. The Morgan fingerprint density at radius 1 is 0.912 bits per heavy atom. The molecule has 0 radical (unpaired) electrons. The van der Waals surface area contributed by atoms with Crippen LogP contribution in [0, 0.1) is 0 Å². The number of hydrogen-bond donors (Lipinski definition) is 1. The van der Waals surface area contributed by atoms with Crippen LogP contribution in [0.25, 0.3) is 0 Å². The average molecular weight is 484 g/mol. The van der Waals surface area contributed by atoms with E-state index >= 15 is 0 Å². The standard InChI is InChI=1S/C23H33NO10/c1-5-8-9-20(25)32-13-12-24-17(21(26)29-4)14-16-10-11-18(33-22(27)30-6-2)19(15-16)34-23(28)31-7-3/h10-11,15,17,24H,5-9,12-14H2,1-4H3/t17-/m0/s1. The van der Waals surface area contributed by atoms with E-state index in [9.17, 15) is 19.2 Å². The van der Waals surface area contributed by atoms with Gasteiger partial charge in [0.15, 0.2) is 11.5 Å². The van der Waals surface area contributed by atoms with Crippen molar-refractivity contribution in [3.8, 4) is 11.5 Å². The van der Waals surface area contributed by atoms with Crippen LogP contribution in [0.5, 0.6) is 11.5 Å². The molecule has 0 heterocycles. The molecular weight excluding hydrogens is 450 g/mol. The van der Waals surface area contributed by atoms with Crippen LogP contribution in [0.1, 0.15) is 45.6 Å². The molecule has 190 valence electrons. The number of nitrogens with one attached hydrogen (secondary N) is 1. The van der Waals surface area contributed by atoms with E-state index in [0.29, 0.717) is 12.0 Å². The molecular formula is C23H33NO10. The molecule has 0 aromatic heterocycles. The fraction of sp³-hybridized carbons (Fsp3) is 0.565. The maximum absolute atomic E-state index is 12.2. The van der Waals surface area contributed by atoms with Crippen molar-refractivity contribution in [1.29, 1.82) is 0 Å². The van der Waals surface area contributed by atoms with Crippen LogP contribution in [0.3, 0.4) is 0 Å². The predicted octanol–water partition coefficient (Wildman–Crippen LogP) is 3.16. The van der Waals surface area contributed by atoms with Gasteiger partial charge in [0.25, 0.3) is 0 Å². The second-order valence-electron chi connectivity index (χ2n) is 6.91. The molecule has 1 aromatic rings. The number of carbonyl (C=O) groups excluding carboxylic acids is 4. The molecule has 1 aromatic carbocycles. The minimum absolute atomic E-state index is 0.0585. The molecule has 1 N–H and O–H groups in total. The molecule has 0 saturated heterocycles. The van der Waals surface area contributed by atoms with Gasteiger partial charge in [0.2, 0.25) is 0 Å². The highest BCUT2D eigenvalue weighted by molar-refractivity contribution is 5.76. The summed E-state index contributed by atoms with van der Waals surface area (Å²) in [5.74, 6) is -0.970. The van der Waals surface area contributed by atoms with Gasteiger partial charge >= 0.3 is 24.2 Å². The van der Waals surface area contributed by atoms with Gasteiger partial charge < -0.3 is 33.7 Å². The summed E-state index contributed by atoms with van der Waals surface area (Å²) in [6.07, 6.45) is 0.190. The van der Waals surface area contributed by atoms with E-state index in [-0.39, 0.29) is 50.3 Å². The minimum Gasteiger partial charge on any atom is -0.468 e. The summed E-state index contributed by atoms with van der Waals surface area (Å²) in [6.45, 7) is 5.73. The van der Waals surface area contributed by atoms with Gasteiger partial charge in [0, 0.05) is 13.0 Å². The van der Waals surface area contributed by atoms with E-state index in [1.54, 1.807) is 19.9 Å². The van der Waals surface area contributed by atoms with Crippen LogP contribution in [0.2, 0.25) is 0 Å². The summed E-state index contributed by atoms with van der Waals surface area (Å²) in [5, 5.41) is 2.98. The Morgan fingerprint density at radius 3 is 2.15 bits per heavy atom. The third-order valence-corrected chi connectivity index (χ3v) is 4.33. The average Bonchev–Trinajstić information content (AvgIpc) is 2.81. The first-order chi connectivity index (χ1) is 16.3. The molecule has 0 aliphatic carbocycles. The first kappa shape index (κ1) is 28.7. The summed E-state index contributed by atoms with van der Waals surface area (Å²) in [7, 11) is 1.26. The molecule has 0 aliphatic rings. The fourth-order valence-corrected chi connectivity index (χ4v) is 2.73. The van der Waals surface area contributed by atoms with Gasteiger partial charge in [-0.25, -0.2) is 9.59 Å². The van der Waals surface area contributed by atoms with Gasteiger partial charge in [-0.15, -0.1) is 0 Å². The lowest BCUT2D eigenvalue weighted by Gasteiger charge is -2.18. The van der Waals surface area contributed by atoms with E-state index < -0.39 is 24.3 Å². The zero-order valence-electron chi connectivity index (χ0n) is 20.0.